The Balaban J connectivity index is 2.12. The highest BCUT2D eigenvalue weighted by molar-refractivity contribution is 5.89. The summed E-state index contributed by atoms with van der Waals surface area (Å²) in [5.74, 6) is 0.786. The minimum Gasteiger partial charge on any atom is -0.496 e. The summed E-state index contributed by atoms with van der Waals surface area (Å²) in [6.45, 7) is 16.1. The maximum Gasteiger partial charge on any atom is 0.415 e. The number of hydrogen-bond donors (Lipinski definition) is 0. The summed E-state index contributed by atoms with van der Waals surface area (Å²) < 4.78 is 11.4. The van der Waals surface area contributed by atoms with Gasteiger partial charge in [0, 0.05) is 23.0 Å². The average Bonchev–Trinajstić information content (AvgIpc) is 2.71. The lowest BCUT2D eigenvalue weighted by atomic mass is 9.98. The van der Waals surface area contributed by atoms with Crippen molar-refractivity contribution in [3.63, 3.8) is 0 Å². The first kappa shape index (κ1) is 25.3. The molecule has 1 amide bonds. The Morgan fingerprint density at radius 2 is 1.44 bits per heavy atom. The molecular formula is C29H36N2O3. The van der Waals surface area contributed by atoms with Crippen molar-refractivity contribution < 1.29 is 14.3 Å². The summed E-state index contributed by atoms with van der Waals surface area (Å²) >= 11 is 0. The number of hydrogen-bond acceptors (Lipinski definition) is 4. The summed E-state index contributed by atoms with van der Waals surface area (Å²) in [6, 6.07) is 12.7. The molecule has 0 unspecified atom stereocenters. The second kappa shape index (κ2) is 9.88. The van der Waals surface area contributed by atoms with E-state index in [0.717, 1.165) is 44.9 Å². The van der Waals surface area contributed by atoms with Crippen molar-refractivity contribution in [1.82, 2.24) is 4.98 Å². The van der Waals surface area contributed by atoms with Crippen molar-refractivity contribution in [3.8, 4) is 16.9 Å². The Kier molecular flexibility index (Phi) is 7.35. The molecule has 0 radical (unpaired) electrons. The lowest BCUT2D eigenvalue weighted by Crippen LogP contribution is -2.37. The molecule has 0 aliphatic carbocycles. The van der Waals surface area contributed by atoms with E-state index in [2.05, 4.69) is 43.1 Å². The average molecular weight is 461 g/mol. The van der Waals surface area contributed by atoms with Gasteiger partial charge in [0.1, 0.15) is 11.4 Å². The normalized spacial score (nSPS) is 11.3. The van der Waals surface area contributed by atoms with Crippen LogP contribution in [0.4, 0.5) is 10.5 Å². The minimum absolute atomic E-state index is 0.271. The van der Waals surface area contributed by atoms with E-state index in [1.54, 1.807) is 18.2 Å². The quantitative estimate of drug-likeness (QED) is 0.403. The predicted molar refractivity (Wildman–Crippen MR) is 139 cm³/mol. The molecule has 3 aromatic rings. The number of rotatable bonds is 5. The van der Waals surface area contributed by atoms with E-state index in [4.69, 9.17) is 9.47 Å². The van der Waals surface area contributed by atoms with E-state index < -0.39 is 11.7 Å². The van der Waals surface area contributed by atoms with Crippen molar-refractivity contribution in [1.29, 1.82) is 0 Å². The summed E-state index contributed by atoms with van der Waals surface area (Å²) in [7, 11) is 1.65. The lowest BCUT2D eigenvalue weighted by Gasteiger charge is -2.28. The number of carbonyl (C=O) groups excluding carboxylic acids is 1. The van der Waals surface area contributed by atoms with Crippen LogP contribution in [0, 0.1) is 34.6 Å². The van der Waals surface area contributed by atoms with Crippen LogP contribution in [0.15, 0.2) is 42.6 Å². The van der Waals surface area contributed by atoms with Gasteiger partial charge in [-0.15, -0.1) is 0 Å². The Hall–Kier alpha value is -3.34. The molecule has 0 saturated heterocycles. The molecule has 0 spiro atoms. The number of aromatic nitrogens is 1. The van der Waals surface area contributed by atoms with Gasteiger partial charge in [-0.2, -0.15) is 0 Å². The van der Waals surface area contributed by atoms with Crippen molar-refractivity contribution in [2.24, 2.45) is 0 Å². The molecule has 3 rings (SSSR count). The number of benzene rings is 2. The Morgan fingerprint density at radius 3 is 2.00 bits per heavy atom. The smallest absolute Gasteiger partial charge is 0.415 e. The van der Waals surface area contributed by atoms with Gasteiger partial charge in [0.25, 0.3) is 0 Å². The third-order valence-corrected chi connectivity index (χ3v) is 5.60. The summed E-state index contributed by atoms with van der Waals surface area (Å²) in [4.78, 5) is 19.7. The van der Waals surface area contributed by atoms with Gasteiger partial charge in [-0.1, -0.05) is 35.4 Å². The van der Waals surface area contributed by atoms with E-state index in [1.165, 1.54) is 11.1 Å². The van der Waals surface area contributed by atoms with Crippen molar-refractivity contribution >= 4 is 11.8 Å². The molecule has 0 aliphatic heterocycles. The van der Waals surface area contributed by atoms with E-state index >= 15 is 0 Å². The number of anilines is 1. The molecule has 0 N–H and O–H groups in total. The summed E-state index contributed by atoms with van der Waals surface area (Å²) in [5.41, 5.74) is 8.43. The Labute approximate surface area is 203 Å². The minimum atomic E-state index is -0.622. The molecule has 5 heteroatoms. The second-order valence-corrected chi connectivity index (χ2v) is 10.0. The topological polar surface area (TPSA) is 51.7 Å². The van der Waals surface area contributed by atoms with E-state index in [9.17, 15) is 4.79 Å². The highest BCUT2D eigenvalue weighted by Gasteiger charge is 2.26. The van der Waals surface area contributed by atoms with Crippen LogP contribution in [-0.4, -0.2) is 23.8 Å². The van der Waals surface area contributed by atoms with Gasteiger partial charge in [-0.25, -0.2) is 4.79 Å². The van der Waals surface area contributed by atoms with E-state index in [-0.39, 0.29) is 6.54 Å². The number of carbonyl (C=O) groups is 1. The fraction of sp³-hybridized carbons (Fsp3) is 0.379. The van der Waals surface area contributed by atoms with Crippen LogP contribution in [0.3, 0.4) is 0 Å². The molecule has 0 aliphatic rings. The van der Waals surface area contributed by atoms with Crippen molar-refractivity contribution in [2.45, 2.75) is 67.5 Å². The number of pyridine rings is 1. The SMILES string of the molecule is COc1c(C)cnc(CN(C(=O)OC(C)(C)C)c2cc(C)cc(-c3cc(C)cc(C)c3)c2)c1C. The highest BCUT2D eigenvalue weighted by Crippen LogP contribution is 2.31. The number of methoxy groups -OCH3 is 1. The van der Waals surface area contributed by atoms with Gasteiger partial charge < -0.3 is 9.47 Å². The van der Waals surface area contributed by atoms with Gasteiger partial charge in [-0.05, 0) is 84.2 Å². The molecule has 34 heavy (non-hydrogen) atoms. The Morgan fingerprint density at radius 1 is 0.882 bits per heavy atom. The summed E-state index contributed by atoms with van der Waals surface area (Å²) in [6.07, 6.45) is 1.37. The van der Waals surface area contributed by atoms with Gasteiger partial charge in [0.15, 0.2) is 0 Å². The van der Waals surface area contributed by atoms with Crippen LogP contribution >= 0.6 is 0 Å². The van der Waals surface area contributed by atoms with Crippen LogP contribution in [0.2, 0.25) is 0 Å². The van der Waals surface area contributed by atoms with Crippen LogP contribution in [0.25, 0.3) is 11.1 Å². The molecule has 0 bridgehead atoms. The molecule has 0 saturated carbocycles. The zero-order valence-corrected chi connectivity index (χ0v) is 21.9. The Bertz CT molecular complexity index is 1190. The van der Waals surface area contributed by atoms with Crippen LogP contribution in [-0.2, 0) is 11.3 Å². The molecule has 5 nitrogen and oxygen atoms in total. The third kappa shape index (κ3) is 5.96. The molecular weight excluding hydrogens is 424 g/mol. The first-order valence-corrected chi connectivity index (χ1v) is 11.6. The highest BCUT2D eigenvalue weighted by atomic mass is 16.6. The van der Waals surface area contributed by atoms with Crippen molar-refractivity contribution in [3.05, 3.63) is 76.1 Å². The molecule has 180 valence electrons. The van der Waals surface area contributed by atoms with Crippen LogP contribution in [0.5, 0.6) is 5.75 Å². The fourth-order valence-electron chi connectivity index (χ4n) is 4.19. The second-order valence-electron chi connectivity index (χ2n) is 10.0. The van der Waals surface area contributed by atoms with E-state index in [1.807, 2.05) is 53.7 Å². The number of nitrogens with zero attached hydrogens (tertiary/aromatic N) is 2. The van der Waals surface area contributed by atoms with Gasteiger partial charge in [0.2, 0.25) is 0 Å². The first-order chi connectivity index (χ1) is 15.9. The zero-order chi connectivity index (χ0) is 25.2. The van der Waals surface area contributed by atoms with Crippen LogP contribution in [0.1, 0.15) is 54.3 Å². The zero-order valence-electron chi connectivity index (χ0n) is 21.9. The van der Waals surface area contributed by atoms with Gasteiger partial charge >= 0.3 is 6.09 Å². The van der Waals surface area contributed by atoms with Gasteiger partial charge in [0.05, 0.1) is 19.3 Å². The lowest BCUT2D eigenvalue weighted by molar-refractivity contribution is 0.0577. The largest absolute Gasteiger partial charge is 0.496 e. The molecule has 0 atom stereocenters. The van der Waals surface area contributed by atoms with Gasteiger partial charge in [-0.3, -0.25) is 9.88 Å². The fourth-order valence-corrected chi connectivity index (χ4v) is 4.19. The number of aryl methyl sites for hydroxylation is 4. The predicted octanol–water partition coefficient (Wildman–Crippen LogP) is 7.24. The number of amides is 1. The van der Waals surface area contributed by atoms with Crippen molar-refractivity contribution in [2.75, 3.05) is 12.0 Å². The van der Waals surface area contributed by atoms with E-state index in [0.29, 0.717) is 0 Å². The molecule has 1 heterocycles. The first-order valence-electron chi connectivity index (χ1n) is 11.6. The number of ether oxygens (including phenoxy) is 2. The molecule has 2 aromatic carbocycles. The monoisotopic (exact) mass is 460 g/mol. The molecule has 1 aromatic heterocycles. The maximum absolute atomic E-state index is 13.4. The maximum atomic E-state index is 13.4. The standard InChI is InChI=1S/C29H36N2O3/c1-18-10-19(2)12-23(11-18)24-13-20(3)14-25(15-24)31(28(32)34-29(6,7)8)17-26-22(5)27(33-9)21(4)16-30-26/h10-16H,17H2,1-9H3. The third-order valence-electron chi connectivity index (χ3n) is 5.60. The molecule has 0 fully saturated rings. The summed E-state index contributed by atoms with van der Waals surface area (Å²) in [5, 5.41) is 0. The van der Waals surface area contributed by atoms with Crippen LogP contribution < -0.4 is 9.64 Å².